The van der Waals surface area contributed by atoms with Crippen LogP contribution in [-0.4, -0.2) is 55.9 Å². The predicted molar refractivity (Wildman–Crippen MR) is 72.5 cm³/mol. The number of rotatable bonds is 7. The number of aliphatic hydroxyl groups is 1. The van der Waals surface area contributed by atoms with E-state index in [4.69, 9.17) is 5.11 Å². The number of nitrogens with zero attached hydrogens (tertiary/aromatic N) is 2. The van der Waals surface area contributed by atoms with Gasteiger partial charge in [0.05, 0.1) is 0 Å². The monoisotopic (exact) mass is 278 g/mol. The van der Waals surface area contributed by atoms with Crippen LogP contribution < -0.4 is 0 Å². The normalized spacial score (nSPS) is 18.7. The molecule has 0 bridgehead atoms. The molecule has 1 aliphatic rings. The van der Waals surface area contributed by atoms with Crippen LogP contribution in [0.5, 0.6) is 0 Å². The molecule has 0 amide bonds. The molecular formula is C12H26N2O3S. The molecule has 6 heteroatoms. The highest BCUT2D eigenvalue weighted by Gasteiger charge is 2.26. The molecule has 0 aromatic heterocycles. The minimum absolute atomic E-state index is 0.0200. The third-order valence-corrected chi connectivity index (χ3v) is 5.57. The van der Waals surface area contributed by atoms with E-state index in [-0.39, 0.29) is 6.61 Å². The van der Waals surface area contributed by atoms with Crippen LogP contribution in [0.1, 0.15) is 38.5 Å². The minimum atomic E-state index is -3.36. The van der Waals surface area contributed by atoms with Gasteiger partial charge in [0.15, 0.2) is 0 Å². The summed E-state index contributed by atoms with van der Waals surface area (Å²) in [6.45, 7) is 1.01. The van der Waals surface area contributed by atoms with E-state index in [2.05, 4.69) is 0 Å². The predicted octanol–water partition coefficient (Wildman–Crippen LogP) is 1.06. The molecule has 0 aliphatic heterocycles. The second-order valence-electron chi connectivity index (χ2n) is 5.19. The Morgan fingerprint density at radius 1 is 1.11 bits per heavy atom. The molecule has 1 rings (SSSR count). The first-order valence-corrected chi connectivity index (χ1v) is 8.16. The van der Waals surface area contributed by atoms with E-state index in [0.717, 1.165) is 12.8 Å². The third-order valence-electron chi connectivity index (χ3n) is 3.66. The second-order valence-corrected chi connectivity index (χ2v) is 7.33. The standard InChI is InChI=1S/C12H26N2O3S/c1-13(9-6-10-15)18(16,17)14(2)11-12-7-4-3-5-8-12/h12,15H,3-11H2,1-2H3. The van der Waals surface area contributed by atoms with Crippen LogP contribution in [0.2, 0.25) is 0 Å². The molecule has 108 valence electrons. The molecular weight excluding hydrogens is 252 g/mol. The van der Waals surface area contributed by atoms with Crippen LogP contribution >= 0.6 is 0 Å². The Hall–Kier alpha value is -0.170. The molecule has 1 fully saturated rings. The Bertz CT molecular complexity index is 326. The summed E-state index contributed by atoms with van der Waals surface area (Å²) in [6, 6.07) is 0. The Balaban J connectivity index is 2.49. The lowest BCUT2D eigenvalue weighted by molar-refractivity contribution is 0.265. The SMILES string of the molecule is CN(CCCO)S(=O)(=O)N(C)CC1CCCCC1. The van der Waals surface area contributed by atoms with Crippen molar-refractivity contribution in [1.82, 2.24) is 8.61 Å². The van der Waals surface area contributed by atoms with Crippen molar-refractivity contribution < 1.29 is 13.5 Å². The number of hydrogen-bond donors (Lipinski definition) is 1. The van der Waals surface area contributed by atoms with E-state index in [1.807, 2.05) is 0 Å². The Kier molecular flexibility index (Phi) is 6.55. The molecule has 0 atom stereocenters. The molecule has 18 heavy (non-hydrogen) atoms. The first-order chi connectivity index (χ1) is 8.48. The van der Waals surface area contributed by atoms with E-state index in [1.54, 1.807) is 14.1 Å². The molecule has 0 aromatic rings. The number of hydrogen-bond acceptors (Lipinski definition) is 3. The summed E-state index contributed by atoms with van der Waals surface area (Å²) >= 11 is 0. The van der Waals surface area contributed by atoms with Crippen molar-refractivity contribution in [2.45, 2.75) is 38.5 Å². The maximum Gasteiger partial charge on any atom is 0.281 e. The highest BCUT2D eigenvalue weighted by molar-refractivity contribution is 7.86. The molecule has 0 heterocycles. The zero-order valence-electron chi connectivity index (χ0n) is 11.5. The van der Waals surface area contributed by atoms with Crippen molar-refractivity contribution in [3.8, 4) is 0 Å². The first-order valence-electron chi connectivity index (χ1n) is 6.77. The van der Waals surface area contributed by atoms with E-state index in [0.29, 0.717) is 25.4 Å². The van der Waals surface area contributed by atoms with Gasteiger partial charge in [-0.2, -0.15) is 17.0 Å². The highest BCUT2D eigenvalue weighted by Crippen LogP contribution is 2.25. The Morgan fingerprint density at radius 2 is 1.72 bits per heavy atom. The summed E-state index contributed by atoms with van der Waals surface area (Å²) in [5, 5.41) is 8.75. The van der Waals surface area contributed by atoms with E-state index < -0.39 is 10.2 Å². The van der Waals surface area contributed by atoms with Gasteiger partial charge in [0.2, 0.25) is 0 Å². The van der Waals surface area contributed by atoms with Gasteiger partial charge in [-0.15, -0.1) is 0 Å². The smallest absolute Gasteiger partial charge is 0.281 e. The zero-order chi connectivity index (χ0) is 13.6. The molecule has 0 radical (unpaired) electrons. The third kappa shape index (κ3) is 4.50. The summed E-state index contributed by atoms with van der Waals surface area (Å²) in [5.74, 6) is 0.504. The fraction of sp³-hybridized carbons (Fsp3) is 1.00. The summed E-state index contributed by atoms with van der Waals surface area (Å²) in [7, 11) is -0.131. The van der Waals surface area contributed by atoms with Crippen LogP contribution in [-0.2, 0) is 10.2 Å². The van der Waals surface area contributed by atoms with Gasteiger partial charge in [0, 0.05) is 33.8 Å². The molecule has 1 saturated carbocycles. The van der Waals surface area contributed by atoms with Crippen LogP contribution in [0.15, 0.2) is 0 Å². The highest BCUT2D eigenvalue weighted by atomic mass is 32.2. The molecule has 0 spiro atoms. The van der Waals surface area contributed by atoms with E-state index in [1.165, 1.54) is 27.9 Å². The fourth-order valence-corrected chi connectivity index (χ4v) is 3.71. The van der Waals surface area contributed by atoms with Gasteiger partial charge >= 0.3 is 0 Å². The van der Waals surface area contributed by atoms with Crippen molar-refractivity contribution >= 4 is 10.2 Å². The summed E-state index contributed by atoms with van der Waals surface area (Å²) in [5.41, 5.74) is 0. The van der Waals surface area contributed by atoms with Gasteiger partial charge in [-0.05, 0) is 25.2 Å². The first kappa shape index (κ1) is 15.9. The number of aliphatic hydroxyl groups excluding tert-OH is 1. The van der Waals surface area contributed by atoms with Crippen molar-refractivity contribution in [2.24, 2.45) is 5.92 Å². The lowest BCUT2D eigenvalue weighted by Crippen LogP contribution is -2.42. The molecule has 0 unspecified atom stereocenters. The van der Waals surface area contributed by atoms with Crippen molar-refractivity contribution in [2.75, 3.05) is 33.8 Å². The molecule has 0 aromatic carbocycles. The van der Waals surface area contributed by atoms with Crippen molar-refractivity contribution in [3.05, 3.63) is 0 Å². The molecule has 0 saturated heterocycles. The minimum Gasteiger partial charge on any atom is -0.396 e. The summed E-state index contributed by atoms with van der Waals surface area (Å²) in [6.07, 6.45) is 6.48. The van der Waals surface area contributed by atoms with Crippen molar-refractivity contribution in [1.29, 1.82) is 0 Å². The van der Waals surface area contributed by atoms with Gasteiger partial charge in [0.25, 0.3) is 10.2 Å². The van der Waals surface area contributed by atoms with Crippen LogP contribution in [0.25, 0.3) is 0 Å². The quantitative estimate of drug-likeness (QED) is 0.757. The van der Waals surface area contributed by atoms with E-state index in [9.17, 15) is 8.42 Å². The van der Waals surface area contributed by atoms with Gasteiger partial charge in [-0.25, -0.2) is 0 Å². The van der Waals surface area contributed by atoms with E-state index >= 15 is 0 Å². The summed E-state index contributed by atoms with van der Waals surface area (Å²) < 4.78 is 27.1. The van der Waals surface area contributed by atoms with Gasteiger partial charge in [-0.3, -0.25) is 0 Å². The molecule has 5 nitrogen and oxygen atoms in total. The van der Waals surface area contributed by atoms with Gasteiger partial charge in [-0.1, -0.05) is 19.3 Å². The van der Waals surface area contributed by atoms with Crippen LogP contribution in [0.3, 0.4) is 0 Å². The lowest BCUT2D eigenvalue weighted by atomic mass is 9.89. The summed E-state index contributed by atoms with van der Waals surface area (Å²) in [4.78, 5) is 0. The van der Waals surface area contributed by atoms with Crippen LogP contribution in [0, 0.1) is 5.92 Å². The topological polar surface area (TPSA) is 60.9 Å². The van der Waals surface area contributed by atoms with Crippen LogP contribution in [0.4, 0.5) is 0 Å². The Labute approximate surface area is 111 Å². The average molecular weight is 278 g/mol. The van der Waals surface area contributed by atoms with Gasteiger partial charge in [0.1, 0.15) is 0 Å². The second kappa shape index (κ2) is 7.43. The maximum atomic E-state index is 12.2. The fourth-order valence-electron chi connectivity index (χ4n) is 2.47. The van der Waals surface area contributed by atoms with Crippen molar-refractivity contribution in [3.63, 3.8) is 0 Å². The zero-order valence-corrected chi connectivity index (χ0v) is 12.3. The van der Waals surface area contributed by atoms with Gasteiger partial charge < -0.3 is 5.11 Å². The molecule has 1 aliphatic carbocycles. The molecule has 1 N–H and O–H groups in total. The average Bonchev–Trinajstić information content (AvgIpc) is 2.36. The largest absolute Gasteiger partial charge is 0.396 e. The Morgan fingerprint density at radius 3 is 2.28 bits per heavy atom. The maximum absolute atomic E-state index is 12.2. The lowest BCUT2D eigenvalue weighted by Gasteiger charge is -2.29.